The van der Waals surface area contributed by atoms with Gasteiger partial charge < -0.3 is 9.64 Å². The zero-order valence-corrected chi connectivity index (χ0v) is 17.4. The number of sulfonamides is 1. The Labute approximate surface area is 175 Å². The molecule has 0 saturated carbocycles. The van der Waals surface area contributed by atoms with E-state index in [0.717, 1.165) is 23.1 Å². The number of amides is 1. The van der Waals surface area contributed by atoms with Crippen LogP contribution in [0.15, 0.2) is 46.7 Å². The summed E-state index contributed by atoms with van der Waals surface area (Å²) in [5.74, 6) is -1.31. The molecule has 0 unspecified atom stereocenters. The van der Waals surface area contributed by atoms with Gasteiger partial charge in [0, 0.05) is 18.5 Å². The van der Waals surface area contributed by atoms with Gasteiger partial charge in [0.2, 0.25) is 10.0 Å². The maximum absolute atomic E-state index is 13.0. The summed E-state index contributed by atoms with van der Waals surface area (Å²) in [7, 11) is -2.95. The number of rotatable bonds is 9. The Kier molecular flexibility index (Phi) is 7.98. The van der Waals surface area contributed by atoms with Crippen molar-refractivity contribution in [2.45, 2.75) is 24.0 Å². The van der Waals surface area contributed by atoms with Crippen LogP contribution in [0.2, 0.25) is 0 Å². The Morgan fingerprint density at radius 1 is 1.17 bits per heavy atom. The third-order valence-electron chi connectivity index (χ3n) is 3.86. The van der Waals surface area contributed by atoms with Gasteiger partial charge in [-0.3, -0.25) is 9.59 Å². The minimum atomic E-state index is -4.85. The van der Waals surface area contributed by atoms with Gasteiger partial charge in [0.05, 0.1) is 23.4 Å². The summed E-state index contributed by atoms with van der Waals surface area (Å²) < 4.78 is 70.0. The number of thiophene rings is 1. The normalized spacial score (nSPS) is 11.9. The molecular weight excluding hydrogens is 445 g/mol. The average Bonchev–Trinajstić information content (AvgIpc) is 3.18. The molecule has 0 fully saturated rings. The highest BCUT2D eigenvalue weighted by Gasteiger charge is 2.36. The quantitative estimate of drug-likeness (QED) is 0.576. The summed E-state index contributed by atoms with van der Waals surface area (Å²) in [6.45, 7) is -0.649. The van der Waals surface area contributed by atoms with Crippen molar-refractivity contribution in [3.8, 4) is 0 Å². The second kappa shape index (κ2) is 10.0. The fourth-order valence-electron chi connectivity index (χ4n) is 2.35. The lowest BCUT2D eigenvalue weighted by Crippen LogP contribution is -2.32. The van der Waals surface area contributed by atoms with E-state index in [-0.39, 0.29) is 0 Å². The van der Waals surface area contributed by atoms with Crippen LogP contribution in [0.25, 0.3) is 0 Å². The number of esters is 1. The van der Waals surface area contributed by atoms with Crippen molar-refractivity contribution in [1.29, 1.82) is 0 Å². The molecule has 1 N–H and O–H groups in total. The molecule has 0 bridgehead atoms. The molecule has 1 amide bonds. The van der Waals surface area contributed by atoms with E-state index in [9.17, 15) is 31.2 Å². The second-order valence-corrected chi connectivity index (χ2v) is 8.90. The van der Waals surface area contributed by atoms with Crippen LogP contribution >= 0.6 is 11.3 Å². The molecule has 2 rings (SSSR count). The number of ether oxygens (including phenoxy) is 1. The van der Waals surface area contributed by atoms with Gasteiger partial charge in [-0.25, -0.2) is 13.1 Å². The molecule has 12 heteroatoms. The van der Waals surface area contributed by atoms with Gasteiger partial charge in [-0.2, -0.15) is 13.2 Å². The first-order chi connectivity index (χ1) is 14.0. The zero-order valence-electron chi connectivity index (χ0n) is 15.8. The number of carbonyl (C=O) groups is 2. The number of carbonyl (C=O) groups excluding carboxylic acids is 2. The standard InChI is InChI=1S/C18H19F3N2O5S2/c1-23(11-13-5-4-10-29-13)16(24)12-28-17(25)8-9-22-30(26,27)15-7-3-2-6-14(15)18(19,20)21/h2-7,10,22H,8-9,11-12H2,1H3. The zero-order chi connectivity index (χ0) is 22.4. The molecule has 7 nitrogen and oxygen atoms in total. The van der Waals surface area contributed by atoms with E-state index in [0.29, 0.717) is 12.6 Å². The van der Waals surface area contributed by atoms with E-state index in [2.05, 4.69) is 0 Å². The molecule has 0 saturated heterocycles. The van der Waals surface area contributed by atoms with Crippen molar-refractivity contribution in [3.05, 3.63) is 52.2 Å². The van der Waals surface area contributed by atoms with Gasteiger partial charge in [0.15, 0.2) is 6.61 Å². The van der Waals surface area contributed by atoms with E-state index in [4.69, 9.17) is 4.74 Å². The molecule has 0 spiro atoms. The molecule has 0 aliphatic rings. The average molecular weight is 464 g/mol. The first kappa shape index (κ1) is 23.8. The Morgan fingerprint density at radius 2 is 1.87 bits per heavy atom. The highest BCUT2D eigenvalue weighted by Crippen LogP contribution is 2.33. The van der Waals surface area contributed by atoms with E-state index >= 15 is 0 Å². The lowest BCUT2D eigenvalue weighted by Gasteiger charge is -2.16. The first-order valence-electron chi connectivity index (χ1n) is 8.58. The number of benzene rings is 1. The van der Waals surface area contributed by atoms with Crippen molar-refractivity contribution >= 4 is 33.2 Å². The van der Waals surface area contributed by atoms with Crippen molar-refractivity contribution in [1.82, 2.24) is 9.62 Å². The summed E-state index contributed by atoms with van der Waals surface area (Å²) in [5, 5.41) is 1.86. The molecule has 0 radical (unpaired) electrons. The van der Waals surface area contributed by atoms with Crippen LogP contribution < -0.4 is 4.72 Å². The topological polar surface area (TPSA) is 92.8 Å². The van der Waals surface area contributed by atoms with Crippen LogP contribution in [0.4, 0.5) is 13.2 Å². The number of nitrogens with one attached hydrogen (secondary N) is 1. The van der Waals surface area contributed by atoms with Gasteiger partial charge in [0.25, 0.3) is 5.91 Å². The molecule has 0 aliphatic carbocycles. The lowest BCUT2D eigenvalue weighted by molar-refractivity contribution is -0.151. The monoisotopic (exact) mass is 464 g/mol. The van der Waals surface area contributed by atoms with Crippen LogP contribution in [0.1, 0.15) is 16.9 Å². The number of hydrogen-bond donors (Lipinski definition) is 1. The SMILES string of the molecule is CN(Cc1cccs1)C(=O)COC(=O)CCNS(=O)(=O)c1ccccc1C(F)(F)F. The Bertz CT molecular complexity index is 976. The van der Waals surface area contributed by atoms with Crippen molar-refractivity contribution in [3.63, 3.8) is 0 Å². The fraction of sp³-hybridized carbons (Fsp3) is 0.333. The van der Waals surface area contributed by atoms with Gasteiger partial charge in [-0.1, -0.05) is 18.2 Å². The van der Waals surface area contributed by atoms with Crippen LogP contribution in [-0.4, -0.2) is 45.4 Å². The van der Waals surface area contributed by atoms with Gasteiger partial charge >= 0.3 is 12.1 Å². The minimum Gasteiger partial charge on any atom is -0.456 e. The van der Waals surface area contributed by atoms with Crippen LogP contribution in [0, 0.1) is 0 Å². The number of nitrogens with zero attached hydrogens (tertiary/aromatic N) is 1. The van der Waals surface area contributed by atoms with Crippen molar-refractivity contribution < 1.29 is 35.9 Å². The molecule has 30 heavy (non-hydrogen) atoms. The second-order valence-electron chi connectivity index (χ2n) is 6.13. The summed E-state index contributed by atoms with van der Waals surface area (Å²) in [5.41, 5.74) is -1.31. The number of halogens is 3. The maximum Gasteiger partial charge on any atom is 0.417 e. The summed E-state index contributed by atoms with van der Waals surface area (Å²) >= 11 is 1.47. The predicted molar refractivity (Wildman–Crippen MR) is 103 cm³/mol. The minimum absolute atomic E-state index is 0.354. The highest BCUT2D eigenvalue weighted by atomic mass is 32.2. The van der Waals surface area contributed by atoms with Crippen LogP contribution in [-0.2, 0) is 37.1 Å². The van der Waals surface area contributed by atoms with Gasteiger partial charge in [0.1, 0.15) is 0 Å². The lowest BCUT2D eigenvalue weighted by atomic mass is 10.2. The number of likely N-dealkylation sites (N-methyl/N-ethyl adjacent to an activating group) is 1. The third-order valence-corrected chi connectivity index (χ3v) is 6.24. The summed E-state index contributed by atoms with van der Waals surface area (Å²) in [4.78, 5) is 25.1. The molecular formula is C18H19F3N2O5S2. The van der Waals surface area contributed by atoms with Crippen molar-refractivity contribution in [2.75, 3.05) is 20.2 Å². The van der Waals surface area contributed by atoms with E-state index in [1.54, 1.807) is 7.05 Å². The molecule has 0 atom stereocenters. The molecule has 1 heterocycles. The Morgan fingerprint density at radius 3 is 2.50 bits per heavy atom. The van der Waals surface area contributed by atoms with Crippen LogP contribution in [0.5, 0.6) is 0 Å². The maximum atomic E-state index is 13.0. The fourth-order valence-corrected chi connectivity index (χ4v) is 4.36. The van der Waals surface area contributed by atoms with Gasteiger partial charge in [-0.15, -0.1) is 11.3 Å². The largest absolute Gasteiger partial charge is 0.456 e. The van der Waals surface area contributed by atoms with Gasteiger partial charge in [-0.05, 0) is 23.6 Å². The molecule has 164 valence electrons. The Hall–Kier alpha value is -2.44. The molecule has 1 aromatic carbocycles. The highest BCUT2D eigenvalue weighted by molar-refractivity contribution is 7.89. The molecule has 1 aromatic heterocycles. The van der Waals surface area contributed by atoms with E-state index in [1.165, 1.54) is 16.2 Å². The van der Waals surface area contributed by atoms with E-state index in [1.807, 2.05) is 22.2 Å². The molecule has 2 aromatic rings. The van der Waals surface area contributed by atoms with E-state index < -0.39 is 58.1 Å². The predicted octanol–water partition coefficient (Wildman–Crippen LogP) is 2.64. The van der Waals surface area contributed by atoms with Crippen molar-refractivity contribution in [2.24, 2.45) is 0 Å². The summed E-state index contributed by atoms with van der Waals surface area (Å²) in [6.07, 6.45) is -5.30. The van der Waals surface area contributed by atoms with Crippen LogP contribution in [0.3, 0.4) is 0 Å². The third kappa shape index (κ3) is 6.82. The summed E-state index contributed by atoms with van der Waals surface area (Å²) in [6, 6.07) is 7.41. The number of hydrogen-bond acceptors (Lipinski definition) is 6. The molecule has 0 aliphatic heterocycles. The first-order valence-corrected chi connectivity index (χ1v) is 10.9. The smallest absolute Gasteiger partial charge is 0.417 e. The Balaban J connectivity index is 1.82. The number of alkyl halides is 3.